The maximum Gasteiger partial charge on any atom is 0.153 e. The van der Waals surface area contributed by atoms with Crippen LogP contribution in [0, 0.1) is 0 Å². The second-order valence-corrected chi connectivity index (χ2v) is 4.22. The van der Waals surface area contributed by atoms with E-state index in [-0.39, 0.29) is 0 Å². The molecule has 2 rings (SSSR count). The van der Waals surface area contributed by atoms with Gasteiger partial charge in [0.25, 0.3) is 0 Å². The van der Waals surface area contributed by atoms with Crippen LogP contribution in [0.5, 0.6) is 5.75 Å². The summed E-state index contributed by atoms with van der Waals surface area (Å²) in [4.78, 5) is 11.9. The first-order valence-electron chi connectivity index (χ1n) is 4.63. The van der Waals surface area contributed by atoms with Gasteiger partial charge in [0.1, 0.15) is 5.75 Å². The first-order valence-corrected chi connectivity index (χ1v) is 5.86. The summed E-state index contributed by atoms with van der Waals surface area (Å²) in [6, 6.07) is 5.69. The van der Waals surface area contributed by atoms with Crippen molar-refractivity contribution >= 4 is 18.0 Å². The van der Waals surface area contributed by atoms with Crippen LogP contribution >= 0.6 is 11.8 Å². The molecule has 1 aromatic rings. The maximum atomic E-state index is 10.7. The van der Waals surface area contributed by atoms with E-state index in [1.54, 1.807) is 11.8 Å². The van der Waals surface area contributed by atoms with E-state index in [2.05, 4.69) is 0 Å². The summed E-state index contributed by atoms with van der Waals surface area (Å²) in [7, 11) is 0. The lowest BCUT2D eigenvalue weighted by Gasteiger charge is -2.08. The largest absolute Gasteiger partial charge is 0.490 e. The topological polar surface area (TPSA) is 26.3 Å². The quantitative estimate of drug-likeness (QED) is 0.562. The molecule has 0 saturated heterocycles. The Morgan fingerprint density at radius 3 is 2.86 bits per heavy atom. The minimum Gasteiger partial charge on any atom is -0.490 e. The Morgan fingerprint density at radius 1 is 1.50 bits per heavy atom. The molecule has 3 heteroatoms. The van der Waals surface area contributed by atoms with Gasteiger partial charge in [0.2, 0.25) is 0 Å². The minimum absolute atomic E-state index is 0.339. The van der Waals surface area contributed by atoms with Crippen LogP contribution in [-0.2, 0) is 0 Å². The van der Waals surface area contributed by atoms with Gasteiger partial charge >= 0.3 is 0 Å². The van der Waals surface area contributed by atoms with Gasteiger partial charge in [-0.2, -0.15) is 0 Å². The summed E-state index contributed by atoms with van der Waals surface area (Å²) >= 11 is 1.65. The third kappa shape index (κ3) is 2.10. The number of benzene rings is 1. The number of aldehydes is 1. The summed E-state index contributed by atoms with van der Waals surface area (Å²) in [5.74, 6) is 0.731. The van der Waals surface area contributed by atoms with E-state index in [0.29, 0.717) is 11.7 Å². The van der Waals surface area contributed by atoms with E-state index < -0.39 is 0 Å². The molecule has 1 saturated carbocycles. The number of rotatable bonds is 4. The fourth-order valence-electron chi connectivity index (χ4n) is 1.21. The van der Waals surface area contributed by atoms with Crippen molar-refractivity contribution < 1.29 is 9.53 Å². The molecule has 14 heavy (non-hydrogen) atoms. The zero-order valence-corrected chi connectivity index (χ0v) is 8.84. The molecule has 0 spiro atoms. The normalized spacial score (nSPS) is 15.2. The molecule has 1 aromatic carbocycles. The molecule has 0 radical (unpaired) electrons. The lowest BCUT2D eigenvalue weighted by atomic mass is 10.2. The number of hydrogen-bond acceptors (Lipinski definition) is 3. The van der Waals surface area contributed by atoms with E-state index in [4.69, 9.17) is 4.74 Å². The summed E-state index contributed by atoms with van der Waals surface area (Å²) in [6.45, 7) is 0. The molecule has 0 N–H and O–H groups in total. The Labute approximate surface area is 87.6 Å². The zero-order chi connectivity index (χ0) is 9.97. The second-order valence-electron chi connectivity index (χ2n) is 3.34. The fraction of sp³-hybridized carbons (Fsp3) is 0.364. The van der Waals surface area contributed by atoms with Gasteiger partial charge < -0.3 is 4.74 Å². The predicted octanol–water partition coefficient (Wildman–Crippen LogP) is 2.76. The van der Waals surface area contributed by atoms with Crippen molar-refractivity contribution in [2.45, 2.75) is 23.8 Å². The third-order valence-corrected chi connectivity index (χ3v) is 2.89. The molecule has 0 amide bonds. The van der Waals surface area contributed by atoms with E-state index in [1.165, 1.54) is 0 Å². The van der Waals surface area contributed by atoms with E-state index in [1.807, 2.05) is 24.5 Å². The van der Waals surface area contributed by atoms with Crippen molar-refractivity contribution in [2.24, 2.45) is 0 Å². The summed E-state index contributed by atoms with van der Waals surface area (Å²) in [5.41, 5.74) is 0.648. The van der Waals surface area contributed by atoms with Crippen molar-refractivity contribution in [3.8, 4) is 5.75 Å². The molecule has 74 valence electrons. The van der Waals surface area contributed by atoms with Gasteiger partial charge in [-0.25, -0.2) is 0 Å². The molecule has 0 unspecified atom stereocenters. The Hall–Kier alpha value is -0.960. The predicted molar refractivity (Wildman–Crippen MR) is 57.3 cm³/mol. The van der Waals surface area contributed by atoms with Gasteiger partial charge in [0, 0.05) is 4.90 Å². The lowest BCUT2D eigenvalue weighted by Crippen LogP contribution is -1.99. The average Bonchev–Trinajstić information content (AvgIpc) is 3.01. The first-order chi connectivity index (χ1) is 6.83. The number of ether oxygens (including phenoxy) is 1. The van der Waals surface area contributed by atoms with Crippen LogP contribution in [0.15, 0.2) is 23.1 Å². The first kappa shape index (κ1) is 9.59. The highest BCUT2D eigenvalue weighted by molar-refractivity contribution is 7.98. The van der Waals surface area contributed by atoms with E-state index >= 15 is 0 Å². The monoisotopic (exact) mass is 208 g/mol. The minimum atomic E-state index is 0.339. The fourth-order valence-corrected chi connectivity index (χ4v) is 1.64. The molecule has 0 bridgehead atoms. The highest BCUT2D eigenvalue weighted by Crippen LogP contribution is 2.31. The average molecular weight is 208 g/mol. The van der Waals surface area contributed by atoms with E-state index in [0.717, 1.165) is 29.8 Å². The van der Waals surface area contributed by atoms with Crippen molar-refractivity contribution in [2.75, 3.05) is 6.26 Å². The van der Waals surface area contributed by atoms with Crippen LogP contribution in [0.2, 0.25) is 0 Å². The van der Waals surface area contributed by atoms with Crippen LogP contribution in [0.1, 0.15) is 23.2 Å². The molecule has 0 aliphatic heterocycles. The molecule has 0 aromatic heterocycles. The second kappa shape index (κ2) is 4.05. The van der Waals surface area contributed by atoms with Crippen molar-refractivity contribution in [1.29, 1.82) is 0 Å². The van der Waals surface area contributed by atoms with Gasteiger partial charge in [-0.15, -0.1) is 11.8 Å². The molecule has 1 fully saturated rings. The zero-order valence-electron chi connectivity index (χ0n) is 8.03. The highest BCUT2D eigenvalue weighted by Gasteiger charge is 2.24. The summed E-state index contributed by atoms with van der Waals surface area (Å²) < 4.78 is 5.65. The number of thioether (sulfide) groups is 1. The van der Waals surface area contributed by atoms with Crippen molar-refractivity contribution in [3.05, 3.63) is 23.8 Å². The van der Waals surface area contributed by atoms with Crippen LogP contribution in [0.3, 0.4) is 0 Å². The van der Waals surface area contributed by atoms with Crippen LogP contribution in [0.25, 0.3) is 0 Å². The van der Waals surface area contributed by atoms with Crippen molar-refractivity contribution in [1.82, 2.24) is 0 Å². The molecule has 1 aliphatic carbocycles. The van der Waals surface area contributed by atoms with Crippen LogP contribution in [-0.4, -0.2) is 18.6 Å². The molecule has 2 nitrogen and oxygen atoms in total. The molecule has 0 atom stereocenters. The maximum absolute atomic E-state index is 10.7. The Morgan fingerprint density at radius 2 is 2.29 bits per heavy atom. The van der Waals surface area contributed by atoms with Gasteiger partial charge in [-0.05, 0) is 37.3 Å². The highest BCUT2D eigenvalue weighted by atomic mass is 32.2. The number of hydrogen-bond donors (Lipinski definition) is 0. The number of carbonyl (C=O) groups is 1. The van der Waals surface area contributed by atoms with Gasteiger partial charge in [0.05, 0.1) is 11.7 Å². The lowest BCUT2D eigenvalue weighted by molar-refractivity contribution is 0.111. The third-order valence-electron chi connectivity index (χ3n) is 2.17. The summed E-state index contributed by atoms with van der Waals surface area (Å²) in [5, 5.41) is 0. The van der Waals surface area contributed by atoms with Gasteiger partial charge in [-0.3, -0.25) is 4.79 Å². The van der Waals surface area contributed by atoms with Crippen molar-refractivity contribution in [3.63, 3.8) is 0 Å². The van der Waals surface area contributed by atoms with Crippen LogP contribution in [0.4, 0.5) is 0 Å². The molecular formula is C11H12O2S. The van der Waals surface area contributed by atoms with E-state index in [9.17, 15) is 4.79 Å². The smallest absolute Gasteiger partial charge is 0.153 e. The van der Waals surface area contributed by atoms with Gasteiger partial charge in [-0.1, -0.05) is 0 Å². The van der Waals surface area contributed by atoms with Crippen LogP contribution < -0.4 is 4.74 Å². The Kier molecular flexibility index (Phi) is 2.77. The molecular weight excluding hydrogens is 196 g/mol. The summed E-state index contributed by atoms with van der Waals surface area (Å²) in [6.07, 6.45) is 5.42. The Balaban J connectivity index is 2.26. The van der Waals surface area contributed by atoms with Gasteiger partial charge in [0.15, 0.2) is 6.29 Å². The Bertz CT molecular complexity index is 345. The molecule has 1 aliphatic rings. The SMILES string of the molecule is CSc1ccc(C=O)c(OC2CC2)c1. The molecule has 0 heterocycles. The standard InChI is InChI=1S/C11H12O2S/c1-14-10-5-2-8(7-12)11(6-10)13-9-3-4-9/h2,5-7,9H,3-4H2,1H3. The number of carbonyl (C=O) groups excluding carboxylic acids is 1.